The molecular weight excluding hydrogens is 446 g/mol. The smallest absolute Gasteiger partial charge is 0.295 e. The number of aliphatic hydroxyl groups is 1. The number of hydrogen-bond acceptors (Lipinski definition) is 6. The van der Waals surface area contributed by atoms with Crippen LogP contribution in [-0.2, 0) is 14.3 Å². The highest BCUT2D eigenvalue weighted by Gasteiger charge is 2.48. The number of nitrogens with zero attached hydrogens (tertiary/aromatic N) is 1. The second-order valence-corrected chi connectivity index (χ2v) is 8.31. The minimum atomic E-state index is -0.850. The Morgan fingerprint density at radius 3 is 2.73 bits per heavy atom. The van der Waals surface area contributed by atoms with Gasteiger partial charge in [-0.25, -0.2) is 0 Å². The van der Waals surface area contributed by atoms with E-state index in [0.717, 1.165) is 12.8 Å². The first-order chi connectivity index (χ1) is 16.0. The summed E-state index contributed by atoms with van der Waals surface area (Å²) in [6.07, 6.45) is 1.52. The van der Waals surface area contributed by atoms with Crippen LogP contribution in [0.2, 0.25) is 5.02 Å². The Labute approximate surface area is 197 Å². The predicted octanol–water partition coefficient (Wildman–Crippen LogP) is 4.35. The number of para-hydroxylation sites is 1. The van der Waals surface area contributed by atoms with Gasteiger partial charge in [-0.05, 0) is 44.0 Å². The summed E-state index contributed by atoms with van der Waals surface area (Å²) in [4.78, 5) is 27.9. The van der Waals surface area contributed by atoms with E-state index >= 15 is 0 Å². The van der Waals surface area contributed by atoms with Crippen LogP contribution >= 0.6 is 11.6 Å². The summed E-state index contributed by atoms with van der Waals surface area (Å²) in [6, 6.07) is 11.1. The second kappa shape index (κ2) is 9.85. The van der Waals surface area contributed by atoms with Crippen molar-refractivity contribution in [3.8, 4) is 11.5 Å². The van der Waals surface area contributed by atoms with Crippen molar-refractivity contribution in [3.63, 3.8) is 0 Å². The molecule has 2 aromatic carbocycles. The molecular formula is C25H26ClNO6. The lowest BCUT2D eigenvalue weighted by Crippen LogP contribution is -2.36. The van der Waals surface area contributed by atoms with Crippen molar-refractivity contribution in [2.24, 2.45) is 0 Å². The maximum atomic E-state index is 13.2. The van der Waals surface area contributed by atoms with Crippen LogP contribution in [0.1, 0.15) is 36.9 Å². The highest BCUT2D eigenvalue weighted by atomic mass is 35.5. The fourth-order valence-electron chi connectivity index (χ4n) is 4.38. The van der Waals surface area contributed by atoms with Crippen molar-refractivity contribution in [1.82, 2.24) is 4.90 Å². The summed E-state index contributed by atoms with van der Waals surface area (Å²) in [6.45, 7) is 3.12. The SMILES string of the molecule is CCOc1ccc(Cl)c(/C(O)=C2\C(=O)C(=O)N(CC3CCCO3)C2c2ccccc2OC)c1. The molecule has 4 rings (SSSR count). The lowest BCUT2D eigenvalue weighted by atomic mass is 9.94. The van der Waals surface area contributed by atoms with Gasteiger partial charge in [0.05, 0.1) is 36.5 Å². The van der Waals surface area contributed by atoms with Crippen LogP contribution in [0.5, 0.6) is 11.5 Å². The third kappa shape index (κ3) is 4.43. The Balaban J connectivity index is 1.88. The van der Waals surface area contributed by atoms with E-state index in [0.29, 0.717) is 30.3 Å². The molecule has 2 heterocycles. The molecule has 1 N–H and O–H groups in total. The van der Waals surface area contributed by atoms with Crippen LogP contribution in [-0.4, -0.2) is 54.7 Å². The fourth-order valence-corrected chi connectivity index (χ4v) is 4.59. The van der Waals surface area contributed by atoms with Crippen molar-refractivity contribution in [2.75, 3.05) is 26.9 Å². The Bertz CT molecular complexity index is 1090. The number of rotatable bonds is 7. The van der Waals surface area contributed by atoms with Crippen molar-refractivity contribution in [1.29, 1.82) is 0 Å². The summed E-state index contributed by atoms with van der Waals surface area (Å²) < 4.78 is 16.8. The van der Waals surface area contributed by atoms with Gasteiger partial charge in [0, 0.05) is 24.3 Å². The number of ketones is 1. The van der Waals surface area contributed by atoms with Crippen molar-refractivity contribution >= 4 is 29.1 Å². The number of aliphatic hydroxyl groups excluding tert-OH is 1. The van der Waals surface area contributed by atoms with E-state index in [1.807, 2.05) is 6.92 Å². The first kappa shape index (κ1) is 23.1. The Hall–Kier alpha value is -3.03. The summed E-state index contributed by atoms with van der Waals surface area (Å²) in [7, 11) is 1.52. The van der Waals surface area contributed by atoms with E-state index in [-0.39, 0.29) is 34.6 Å². The summed E-state index contributed by atoms with van der Waals surface area (Å²) in [5.74, 6) is -0.836. The monoisotopic (exact) mass is 471 g/mol. The molecule has 33 heavy (non-hydrogen) atoms. The van der Waals surface area contributed by atoms with Crippen molar-refractivity contribution in [2.45, 2.75) is 31.9 Å². The molecule has 0 spiro atoms. The van der Waals surface area contributed by atoms with Gasteiger partial charge in [0.15, 0.2) is 0 Å². The number of Topliss-reactive ketones (excluding diaryl/α,β-unsaturated/α-hetero) is 1. The fraction of sp³-hybridized carbons (Fsp3) is 0.360. The van der Waals surface area contributed by atoms with E-state index in [1.165, 1.54) is 12.0 Å². The zero-order valence-electron chi connectivity index (χ0n) is 18.5. The van der Waals surface area contributed by atoms with Gasteiger partial charge in [-0.1, -0.05) is 29.8 Å². The molecule has 2 aromatic rings. The molecule has 8 heteroatoms. The highest BCUT2D eigenvalue weighted by molar-refractivity contribution is 6.47. The van der Waals surface area contributed by atoms with Crippen LogP contribution in [0.25, 0.3) is 5.76 Å². The molecule has 2 atom stereocenters. The van der Waals surface area contributed by atoms with Gasteiger partial charge >= 0.3 is 0 Å². The lowest BCUT2D eigenvalue weighted by molar-refractivity contribution is -0.140. The molecule has 7 nitrogen and oxygen atoms in total. The van der Waals surface area contributed by atoms with E-state index in [1.54, 1.807) is 42.5 Å². The van der Waals surface area contributed by atoms with Gasteiger partial charge < -0.3 is 24.2 Å². The Kier molecular flexibility index (Phi) is 6.91. The van der Waals surface area contributed by atoms with Crippen LogP contribution in [0.3, 0.4) is 0 Å². The number of carbonyl (C=O) groups is 2. The zero-order valence-corrected chi connectivity index (χ0v) is 19.3. The standard InChI is InChI=1S/C25H26ClNO6/c1-3-32-15-10-11-19(26)18(13-15)23(28)21-22(17-8-4-5-9-20(17)31-2)27(25(30)24(21)29)14-16-7-6-12-33-16/h4-5,8-11,13,16,22,28H,3,6-7,12,14H2,1-2H3/b23-21+. The van der Waals surface area contributed by atoms with Gasteiger partial charge in [0.2, 0.25) is 0 Å². The van der Waals surface area contributed by atoms with Crippen LogP contribution in [0.15, 0.2) is 48.0 Å². The van der Waals surface area contributed by atoms with Crippen LogP contribution in [0, 0.1) is 0 Å². The van der Waals surface area contributed by atoms with Gasteiger partial charge in [-0.2, -0.15) is 0 Å². The summed E-state index contributed by atoms with van der Waals surface area (Å²) in [5, 5.41) is 11.6. The molecule has 0 aliphatic carbocycles. The molecule has 174 valence electrons. The molecule has 1 amide bonds. The third-order valence-corrected chi connectivity index (χ3v) is 6.23. The van der Waals surface area contributed by atoms with Crippen LogP contribution < -0.4 is 9.47 Å². The molecule has 2 aliphatic heterocycles. The normalized spacial score (nSPS) is 22.1. The number of amides is 1. The number of methoxy groups -OCH3 is 1. The van der Waals surface area contributed by atoms with Gasteiger partial charge in [0.1, 0.15) is 17.3 Å². The maximum Gasteiger partial charge on any atom is 0.295 e. The summed E-state index contributed by atoms with van der Waals surface area (Å²) >= 11 is 6.38. The Morgan fingerprint density at radius 2 is 2.03 bits per heavy atom. The number of ether oxygens (including phenoxy) is 3. The van der Waals surface area contributed by atoms with Crippen molar-refractivity contribution in [3.05, 3.63) is 64.2 Å². The lowest BCUT2D eigenvalue weighted by Gasteiger charge is -2.28. The number of hydrogen-bond donors (Lipinski definition) is 1. The first-order valence-corrected chi connectivity index (χ1v) is 11.3. The minimum absolute atomic E-state index is 0.0435. The molecule has 0 saturated carbocycles. The van der Waals surface area contributed by atoms with E-state index in [4.69, 9.17) is 25.8 Å². The molecule has 0 bridgehead atoms. The zero-order chi connectivity index (χ0) is 23.5. The quantitative estimate of drug-likeness (QED) is 0.367. The van der Waals surface area contributed by atoms with Gasteiger partial charge in [-0.15, -0.1) is 0 Å². The molecule has 2 saturated heterocycles. The maximum absolute atomic E-state index is 13.2. The second-order valence-electron chi connectivity index (χ2n) is 7.90. The predicted molar refractivity (Wildman–Crippen MR) is 124 cm³/mol. The van der Waals surface area contributed by atoms with E-state index in [2.05, 4.69) is 0 Å². The first-order valence-electron chi connectivity index (χ1n) is 10.9. The molecule has 0 aromatic heterocycles. The third-order valence-electron chi connectivity index (χ3n) is 5.90. The summed E-state index contributed by atoms with van der Waals surface area (Å²) in [5.41, 5.74) is 0.770. The number of likely N-dealkylation sites (tertiary alicyclic amines) is 1. The van der Waals surface area contributed by atoms with Gasteiger partial charge in [0.25, 0.3) is 11.7 Å². The Morgan fingerprint density at radius 1 is 1.24 bits per heavy atom. The van der Waals surface area contributed by atoms with E-state index in [9.17, 15) is 14.7 Å². The molecule has 2 fully saturated rings. The highest BCUT2D eigenvalue weighted by Crippen LogP contribution is 2.44. The van der Waals surface area contributed by atoms with Crippen LogP contribution in [0.4, 0.5) is 0 Å². The van der Waals surface area contributed by atoms with E-state index < -0.39 is 17.7 Å². The largest absolute Gasteiger partial charge is 0.507 e. The molecule has 2 unspecified atom stereocenters. The number of carbonyl (C=O) groups excluding carboxylic acids is 2. The topological polar surface area (TPSA) is 85.3 Å². The number of benzene rings is 2. The average Bonchev–Trinajstić information content (AvgIpc) is 3.42. The minimum Gasteiger partial charge on any atom is -0.507 e. The average molecular weight is 472 g/mol. The number of halogens is 1. The molecule has 0 radical (unpaired) electrons. The molecule has 2 aliphatic rings. The van der Waals surface area contributed by atoms with Crippen molar-refractivity contribution < 1.29 is 28.9 Å². The van der Waals surface area contributed by atoms with Gasteiger partial charge in [-0.3, -0.25) is 9.59 Å².